The van der Waals surface area contributed by atoms with Crippen molar-refractivity contribution < 1.29 is 4.79 Å². The summed E-state index contributed by atoms with van der Waals surface area (Å²) in [4.78, 5) is 23.1. The topological polar surface area (TPSA) is 72.7 Å². The average Bonchev–Trinajstić information content (AvgIpc) is 3.37. The molecule has 1 N–H and O–H groups in total. The van der Waals surface area contributed by atoms with Crippen LogP contribution in [-0.2, 0) is 11.2 Å². The highest BCUT2D eigenvalue weighted by molar-refractivity contribution is 8.00. The molecule has 0 atom stereocenters. The van der Waals surface area contributed by atoms with E-state index in [0.717, 1.165) is 43.9 Å². The fourth-order valence-electron chi connectivity index (χ4n) is 3.92. The Labute approximate surface area is 211 Å². The van der Waals surface area contributed by atoms with E-state index in [1.807, 2.05) is 77.4 Å². The van der Waals surface area contributed by atoms with Crippen molar-refractivity contribution in [3.05, 3.63) is 83.6 Å². The van der Waals surface area contributed by atoms with Crippen LogP contribution >= 0.6 is 23.1 Å². The van der Waals surface area contributed by atoms with Gasteiger partial charge >= 0.3 is 0 Å². The first-order valence-electron chi connectivity index (χ1n) is 11.5. The van der Waals surface area contributed by atoms with E-state index in [0.29, 0.717) is 5.69 Å². The molecule has 8 heteroatoms. The van der Waals surface area contributed by atoms with Gasteiger partial charge in [0.2, 0.25) is 5.91 Å². The van der Waals surface area contributed by atoms with Crippen LogP contribution in [0.15, 0.2) is 77.1 Å². The number of thioether (sulfide) groups is 1. The normalized spacial score (nSPS) is 13.3. The molecule has 174 valence electrons. The van der Waals surface area contributed by atoms with Crippen molar-refractivity contribution in [2.75, 3.05) is 5.32 Å². The van der Waals surface area contributed by atoms with Crippen LogP contribution in [-0.4, -0.2) is 30.9 Å². The van der Waals surface area contributed by atoms with Gasteiger partial charge in [-0.15, -0.1) is 23.1 Å². The van der Waals surface area contributed by atoms with Crippen molar-refractivity contribution in [1.82, 2.24) is 19.7 Å². The number of amides is 1. The largest absolute Gasteiger partial charge is 0.326 e. The molecule has 1 amide bonds. The molecule has 1 aliphatic carbocycles. The van der Waals surface area contributed by atoms with Gasteiger partial charge in [0.1, 0.15) is 0 Å². The molecule has 1 fully saturated rings. The molecule has 0 bridgehead atoms. The Morgan fingerprint density at radius 1 is 1.11 bits per heavy atom. The Hall–Kier alpha value is -3.49. The number of nitrogens with one attached hydrogen (secondary N) is 1. The highest BCUT2D eigenvalue weighted by Gasteiger charge is 2.22. The number of hydrogen-bond donors (Lipinski definition) is 1. The van der Waals surface area contributed by atoms with E-state index in [2.05, 4.69) is 33.5 Å². The summed E-state index contributed by atoms with van der Waals surface area (Å²) in [7, 11) is 0. The van der Waals surface area contributed by atoms with Gasteiger partial charge < -0.3 is 5.32 Å². The number of aromatic nitrogens is 4. The second kappa shape index (κ2) is 9.28. The molecule has 0 radical (unpaired) electrons. The van der Waals surface area contributed by atoms with Crippen molar-refractivity contribution in [2.24, 2.45) is 0 Å². The van der Waals surface area contributed by atoms with E-state index in [1.54, 1.807) is 11.3 Å². The van der Waals surface area contributed by atoms with Crippen LogP contribution in [0, 0.1) is 6.92 Å². The second-order valence-corrected chi connectivity index (χ2v) is 10.9. The number of carbonyl (C=O) groups is 1. The molecule has 6 nitrogen and oxygen atoms in total. The summed E-state index contributed by atoms with van der Waals surface area (Å²) < 4.78 is 2.93. The third-order valence-corrected chi connectivity index (χ3v) is 7.93. The third-order valence-electron chi connectivity index (χ3n) is 5.78. The predicted octanol–water partition coefficient (Wildman–Crippen LogP) is 6.29. The number of nitrogens with zero attached hydrogens (tertiary/aromatic N) is 4. The minimum atomic E-state index is -0.0982. The smallest absolute Gasteiger partial charge is 0.230 e. The third kappa shape index (κ3) is 4.99. The maximum Gasteiger partial charge on any atom is 0.230 e. The zero-order valence-electron chi connectivity index (χ0n) is 19.1. The SMILES string of the molecule is Cc1cccc(-n2nc(CC(=O)Nc3ccc(SC4CC4)cc3)cc2-c2ccc3ncsc3c2)n1. The van der Waals surface area contributed by atoms with Gasteiger partial charge in [-0.2, -0.15) is 5.10 Å². The number of rotatable bonds is 7. The van der Waals surface area contributed by atoms with Crippen molar-refractivity contribution in [3.8, 4) is 17.1 Å². The lowest BCUT2D eigenvalue weighted by molar-refractivity contribution is -0.115. The predicted molar refractivity (Wildman–Crippen MR) is 142 cm³/mol. The average molecular weight is 498 g/mol. The zero-order chi connectivity index (χ0) is 23.8. The van der Waals surface area contributed by atoms with E-state index in [-0.39, 0.29) is 12.3 Å². The molecular formula is C27H23N5OS2. The molecule has 1 aliphatic rings. The molecule has 2 aromatic carbocycles. The maximum atomic E-state index is 12.9. The lowest BCUT2D eigenvalue weighted by atomic mass is 10.1. The Morgan fingerprint density at radius 3 is 2.77 bits per heavy atom. The van der Waals surface area contributed by atoms with Crippen LogP contribution in [0.1, 0.15) is 24.2 Å². The standard InChI is InChI=1S/C27H23N5OS2/c1-17-3-2-4-26(29-17)32-24(18-5-12-23-25(13-18)34-16-28-23)14-20(31-32)15-27(33)30-19-6-8-21(9-7-19)35-22-10-11-22/h2-9,12-14,16,22H,10-11,15H2,1H3,(H,30,33). The second-order valence-electron chi connectivity index (χ2n) is 8.67. The van der Waals surface area contributed by atoms with Crippen LogP contribution in [0.2, 0.25) is 0 Å². The first-order chi connectivity index (χ1) is 17.1. The molecule has 3 aromatic heterocycles. The highest BCUT2D eigenvalue weighted by Crippen LogP contribution is 2.39. The van der Waals surface area contributed by atoms with Gasteiger partial charge in [0.05, 0.1) is 33.5 Å². The van der Waals surface area contributed by atoms with Crippen molar-refractivity contribution in [2.45, 2.75) is 36.3 Å². The van der Waals surface area contributed by atoms with E-state index in [4.69, 9.17) is 5.10 Å². The summed E-state index contributed by atoms with van der Waals surface area (Å²) in [6.45, 7) is 1.96. The molecule has 0 unspecified atom stereocenters. The number of benzene rings is 2. The van der Waals surface area contributed by atoms with E-state index in [9.17, 15) is 4.79 Å². The minimum Gasteiger partial charge on any atom is -0.326 e. The van der Waals surface area contributed by atoms with E-state index in [1.165, 1.54) is 17.7 Å². The number of thiazole rings is 1. The number of hydrogen-bond acceptors (Lipinski definition) is 6. The number of aryl methyl sites for hydroxylation is 1. The maximum absolute atomic E-state index is 12.9. The van der Waals surface area contributed by atoms with Crippen molar-refractivity contribution in [3.63, 3.8) is 0 Å². The van der Waals surface area contributed by atoms with Crippen LogP contribution in [0.5, 0.6) is 0 Å². The van der Waals surface area contributed by atoms with Gasteiger partial charge in [0.25, 0.3) is 0 Å². The monoisotopic (exact) mass is 497 g/mol. The molecular weight excluding hydrogens is 474 g/mol. The van der Waals surface area contributed by atoms with Gasteiger partial charge in [-0.25, -0.2) is 14.6 Å². The molecule has 1 saturated carbocycles. The molecule has 0 aliphatic heterocycles. The molecule has 6 rings (SSSR count). The Bertz CT molecular complexity index is 1520. The quantitative estimate of drug-likeness (QED) is 0.286. The van der Waals surface area contributed by atoms with E-state index >= 15 is 0 Å². The summed E-state index contributed by atoms with van der Waals surface area (Å²) >= 11 is 3.51. The van der Waals surface area contributed by atoms with Gasteiger partial charge in [0.15, 0.2) is 5.82 Å². The first-order valence-corrected chi connectivity index (χ1v) is 13.3. The fourth-order valence-corrected chi connectivity index (χ4v) is 5.69. The highest BCUT2D eigenvalue weighted by atomic mass is 32.2. The van der Waals surface area contributed by atoms with Gasteiger partial charge in [-0.3, -0.25) is 4.79 Å². The van der Waals surface area contributed by atoms with Crippen molar-refractivity contribution in [1.29, 1.82) is 0 Å². The number of pyridine rings is 1. The molecule has 0 saturated heterocycles. The lowest BCUT2D eigenvalue weighted by Gasteiger charge is -2.07. The summed E-state index contributed by atoms with van der Waals surface area (Å²) in [6, 6.07) is 22.1. The Morgan fingerprint density at radius 2 is 1.97 bits per heavy atom. The fraction of sp³-hybridized carbons (Fsp3) is 0.185. The summed E-state index contributed by atoms with van der Waals surface area (Å²) in [5, 5.41) is 8.55. The molecule has 35 heavy (non-hydrogen) atoms. The van der Waals surface area contributed by atoms with Crippen LogP contribution in [0.3, 0.4) is 0 Å². The first kappa shape index (κ1) is 22.0. The number of carbonyl (C=O) groups excluding carboxylic acids is 1. The summed E-state index contributed by atoms with van der Waals surface area (Å²) in [6.07, 6.45) is 2.77. The molecule has 5 aromatic rings. The van der Waals surface area contributed by atoms with Crippen molar-refractivity contribution >= 4 is 44.9 Å². The molecule has 3 heterocycles. The Kier molecular flexibility index (Phi) is 5.83. The molecule has 0 spiro atoms. The van der Waals surface area contributed by atoms with Crippen LogP contribution in [0.25, 0.3) is 27.3 Å². The van der Waals surface area contributed by atoms with Gasteiger partial charge in [-0.05, 0) is 74.4 Å². The van der Waals surface area contributed by atoms with Gasteiger partial charge in [0, 0.05) is 27.1 Å². The number of fused-ring (bicyclic) bond motifs is 1. The van der Waals surface area contributed by atoms with E-state index < -0.39 is 0 Å². The lowest BCUT2D eigenvalue weighted by Crippen LogP contribution is -2.15. The van der Waals surface area contributed by atoms with Gasteiger partial charge in [-0.1, -0.05) is 12.1 Å². The van der Waals surface area contributed by atoms with Crippen LogP contribution in [0.4, 0.5) is 5.69 Å². The van der Waals surface area contributed by atoms with Crippen LogP contribution < -0.4 is 5.32 Å². The Balaban J connectivity index is 1.27. The minimum absolute atomic E-state index is 0.0982. The zero-order valence-corrected chi connectivity index (χ0v) is 20.8. The number of anilines is 1. The summed E-state index contributed by atoms with van der Waals surface area (Å²) in [5.74, 6) is 0.624. The summed E-state index contributed by atoms with van der Waals surface area (Å²) in [5.41, 5.74) is 7.11.